The highest BCUT2D eigenvalue weighted by Crippen LogP contribution is 2.46. The van der Waals surface area contributed by atoms with Crippen LogP contribution in [0.2, 0.25) is 0 Å². The Morgan fingerprint density at radius 3 is 2.46 bits per heavy atom. The summed E-state index contributed by atoms with van der Waals surface area (Å²) in [5.74, 6) is 0. The van der Waals surface area contributed by atoms with Crippen LogP contribution in [-0.4, -0.2) is 37.0 Å². The molecule has 0 aromatic rings. The molecular weight excluding hydrogens is 214 g/mol. The van der Waals surface area contributed by atoms with E-state index >= 15 is 0 Å². The van der Waals surface area contributed by atoms with E-state index in [-0.39, 0.29) is 11.5 Å². The van der Waals surface area contributed by atoms with Crippen LogP contribution in [-0.2, 0) is 9.24 Å². The molecular formula is C7H12ClNO3S. The van der Waals surface area contributed by atoms with E-state index in [0.29, 0.717) is 13.1 Å². The van der Waals surface area contributed by atoms with Crippen LogP contribution in [0.1, 0.15) is 19.3 Å². The predicted octanol–water partition coefficient (Wildman–Crippen LogP) is 0.317. The number of nitrogens with zero attached hydrogens (tertiary/aromatic N) is 1. The Labute approximate surface area is 82.0 Å². The van der Waals surface area contributed by atoms with Gasteiger partial charge in [0.05, 0.1) is 6.10 Å². The zero-order chi connectivity index (χ0) is 9.69. The van der Waals surface area contributed by atoms with E-state index in [1.807, 2.05) is 0 Å². The molecule has 1 aliphatic carbocycles. The summed E-state index contributed by atoms with van der Waals surface area (Å²) in [6.07, 6.45) is 2.17. The highest BCUT2D eigenvalue weighted by atomic mass is 35.7. The smallest absolute Gasteiger partial charge is 0.299 e. The Hall–Kier alpha value is 0.160. The van der Waals surface area contributed by atoms with E-state index in [2.05, 4.69) is 0 Å². The molecule has 0 bridgehead atoms. The van der Waals surface area contributed by atoms with Crippen molar-refractivity contribution in [3.63, 3.8) is 0 Å². The molecule has 1 aliphatic heterocycles. The summed E-state index contributed by atoms with van der Waals surface area (Å²) in [4.78, 5) is 0. The SMILES string of the molecule is O=S(=O)(Cl)N1CC2(CC[C@@H](O)C2)C1. The maximum atomic E-state index is 10.9. The van der Waals surface area contributed by atoms with Gasteiger partial charge in [0.2, 0.25) is 0 Å². The van der Waals surface area contributed by atoms with Gasteiger partial charge in [-0.25, -0.2) is 0 Å². The van der Waals surface area contributed by atoms with Crippen LogP contribution >= 0.6 is 10.7 Å². The molecule has 1 saturated heterocycles. The van der Waals surface area contributed by atoms with E-state index in [0.717, 1.165) is 19.3 Å². The van der Waals surface area contributed by atoms with Gasteiger partial charge in [-0.05, 0) is 19.3 Å². The summed E-state index contributed by atoms with van der Waals surface area (Å²) in [6.45, 7) is 0.964. The molecule has 76 valence electrons. The average Bonchev–Trinajstić information content (AvgIpc) is 2.25. The molecule has 1 heterocycles. The molecule has 2 rings (SSSR count). The third-order valence-corrected chi connectivity index (χ3v) is 4.47. The van der Waals surface area contributed by atoms with E-state index in [1.165, 1.54) is 4.31 Å². The van der Waals surface area contributed by atoms with E-state index in [4.69, 9.17) is 10.7 Å². The third kappa shape index (κ3) is 1.70. The maximum absolute atomic E-state index is 10.9. The molecule has 1 saturated carbocycles. The van der Waals surface area contributed by atoms with E-state index < -0.39 is 9.24 Å². The van der Waals surface area contributed by atoms with Crippen molar-refractivity contribution in [2.75, 3.05) is 13.1 Å². The zero-order valence-electron chi connectivity index (χ0n) is 7.11. The first-order chi connectivity index (χ1) is 5.91. The normalized spacial score (nSPS) is 33.5. The zero-order valence-corrected chi connectivity index (χ0v) is 8.68. The van der Waals surface area contributed by atoms with Gasteiger partial charge in [-0.15, -0.1) is 0 Å². The summed E-state index contributed by atoms with van der Waals surface area (Å²) in [5, 5.41) is 9.32. The van der Waals surface area contributed by atoms with Gasteiger partial charge in [0, 0.05) is 29.2 Å². The summed E-state index contributed by atoms with van der Waals surface area (Å²) in [5.41, 5.74) is 0.0291. The van der Waals surface area contributed by atoms with Crippen molar-refractivity contribution in [1.82, 2.24) is 4.31 Å². The van der Waals surface area contributed by atoms with Gasteiger partial charge >= 0.3 is 0 Å². The third-order valence-electron chi connectivity index (χ3n) is 3.01. The average molecular weight is 226 g/mol. The molecule has 1 atom stereocenters. The lowest BCUT2D eigenvalue weighted by Crippen LogP contribution is -2.56. The molecule has 0 unspecified atom stereocenters. The molecule has 0 aromatic heterocycles. The molecule has 0 amide bonds. The van der Waals surface area contributed by atoms with Crippen LogP contribution in [0.25, 0.3) is 0 Å². The molecule has 1 spiro atoms. The summed E-state index contributed by atoms with van der Waals surface area (Å²) >= 11 is 0. The first-order valence-corrected chi connectivity index (χ1v) is 6.56. The van der Waals surface area contributed by atoms with Gasteiger partial charge in [-0.1, -0.05) is 0 Å². The molecule has 2 fully saturated rings. The Morgan fingerprint density at radius 1 is 1.46 bits per heavy atom. The first kappa shape index (κ1) is 9.71. The van der Waals surface area contributed by atoms with Crippen molar-refractivity contribution in [3.05, 3.63) is 0 Å². The van der Waals surface area contributed by atoms with Crippen molar-refractivity contribution in [1.29, 1.82) is 0 Å². The predicted molar refractivity (Wildman–Crippen MR) is 48.6 cm³/mol. The van der Waals surface area contributed by atoms with Crippen LogP contribution in [0.4, 0.5) is 0 Å². The van der Waals surface area contributed by atoms with Gasteiger partial charge in [0.15, 0.2) is 0 Å². The lowest BCUT2D eigenvalue weighted by molar-refractivity contribution is 0.0601. The number of hydrogen-bond acceptors (Lipinski definition) is 3. The second kappa shape index (κ2) is 2.82. The van der Waals surface area contributed by atoms with Crippen molar-refractivity contribution in [2.45, 2.75) is 25.4 Å². The van der Waals surface area contributed by atoms with E-state index in [1.54, 1.807) is 0 Å². The van der Waals surface area contributed by atoms with Crippen LogP contribution in [0.15, 0.2) is 0 Å². The van der Waals surface area contributed by atoms with Crippen molar-refractivity contribution in [2.24, 2.45) is 5.41 Å². The number of hydrogen-bond donors (Lipinski definition) is 1. The number of aliphatic hydroxyl groups is 1. The fraction of sp³-hybridized carbons (Fsp3) is 1.00. The maximum Gasteiger partial charge on any atom is 0.299 e. The van der Waals surface area contributed by atoms with Crippen LogP contribution in [0.5, 0.6) is 0 Å². The van der Waals surface area contributed by atoms with Crippen molar-refractivity contribution in [3.8, 4) is 0 Å². The first-order valence-electron chi connectivity index (χ1n) is 4.29. The van der Waals surface area contributed by atoms with Gasteiger partial charge < -0.3 is 5.11 Å². The fourth-order valence-corrected chi connectivity index (χ4v) is 3.47. The van der Waals surface area contributed by atoms with Crippen LogP contribution < -0.4 is 0 Å². The second-order valence-corrected chi connectivity index (χ2v) is 6.62. The van der Waals surface area contributed by atoms with Crippen molar-refractivity contribution >= 4 is 19.9 Å². The van der Waals surface area contributed by atoms with Gasteiger partial charge in [-0.3, -0.25) is 0 Å². The van der Waals surface area contributed by atoms with Gasteiger partial charge in [0.1, 0.15) is 0 Å². The fourth-order valence-electron chi connectivity index (χ4n) is 2.32. The second-order valence-electron chi connectivity index (χ2n) is 4.11. The monoisotopic (exact) mass is 225 g/mol. The molecule has 13 heavy (non-hydrogen) atoms. The lowest BCUT2D eigenvalue weighted by atomic mass is 9.80. The highest BCUT2D eigenvalue weighted by molar-refractivity contribution is 8.11. The summed E-state index contributed by atoms with van der Waals surface area (Å²) in [6, 6.07) is 0. The Kier molecular flexibility index (Phi) is 2.11. The molecule has 0 radical (unpaired) electrons. The number of aliphatic hydroxyl groups excluding tert-OH is 1. The Morgan fingerprint density at radius 2 is 2.08 bits per heavy atom. The minimum Gasteiger partial charge on any atom is -0.393 e. The molecule has 2 aliphatic rings. The minimum atomic E-state index is -3.52. The molecule has 0 aromatic carbocycles. The molecule has 6 heteroatoms. The highest BCUT2D eigenvalue weighted by Gasteiger charge is 2.51. The number of rotatable bonds is 1. The van der Waals surface area contributed by atoms with Crippen molar-refractivity contribution < 1.29 is 13.5 Å². The Balaban J connectivity index is 1.98. The van der Waals surface area contributed by atoms with Gasteiger partial charge in [0.25, 0.3) is 9.24 Å². The largest absolute Gasteiger partial charge is 0.393 e. The quantitative estimate of drug-likeness (QED) is 0.654. The topological polar surface area (TPSA) is 57.6 Å². The summed E-state index contributed by atoms with van der Waals surface area (Å²) in [7, 11) is 1.65. The standard InChI is InChI=1S/C7H12ClNO3S/c8-13(11,12)9-4-7(5-9)2-1-6(10)3-7/h6,10H,1-5H2/t6-/m1/s1. The summed E-state index contributed by atoms with van der Waals surface area (Å²) < 4.78 is 23.0. The van der Waals surface area contributed by atoms with E-state index in [9.17, 15) is 13.5 Å². The minimum absolute atomic E-state index is 0.0291. The lowest BCUT2D eigenvalue weighted by Gasteiger charge is -2.45. The number of halogens is 1. The molecule has 4 nitrogen and oxygen atoms in total. The van der Waals surface area contributed by atoms with Gasteiger partial charge in [-0.2, -0.15) is 12.7 Å². The Bertz CT molecular complexity index is 310. The van der Waals surface area contributed by atoms with Crippen LogP contribution in [0, 0.1) is 5.41 Å². The molecule has 1 N–H and O–H groups in total. The van der Waals surface area contributed by atoms with Crippen LogP contribution in [0.3, 0.4) is 0 Å².